The zero-order chi connectivity index (χ0) is 13.9. The summed E-state index contributed by atoms with van der Waals surface area (Å²) in [6.07, 6.45) is 4.29. The Balaban J connectivity index is 1.97. The lowest BCUT2D eigenvalue weighted by Crippen LogP contribution is -2.35. The number of benzene rings is 1. The molecule has 1 atom stereocenters. The summed E-state index contributed by atoms with van der Waals surface area (Å²) in [5.74, 6) is 0. The van der Waals surface area contributed by atoms with Gasteiger partial charge in [0.25, 0.3) is 0 Å². The van der Waals surface area contributed by atoms with Gasteiger partial charge in [-0.2, -0.15) is 0 Å². The molecule has 0 aliphatic heterocycles. The van der Waals surface area contributed by atoms with Crippen molar-refractivity contribution in [2.75, 3.05) is 17.5 Å². The van der Waals surface area contributed by atoms with E-state index in [2.05, 4.69) is 10.0 Å². The molecule has 6 heteroatoms. The molecule has 1 unspecified atom stereocenters. The molecule has 4 nitrogen and oxygen atoms in total. The summed E-state index contributed by atoms with van der Waals surface area (Å²) >= 11 is 1.59. The van der Waals surface area contributed by atoms with E-state index < -0.39 is 15.3 Å². The maximum absolute atomic E-state index is 12.2. The average molecular weight is 300 g/mol. The van der Waals surface area contributed by atoms with Crippen molar-refractivity contribution < 1.29 is 8.42 Å². The Morgan fingerprint density at radius 3 is 2.79 bits per heavy atom. The molecular formula is C13H20N2O2S2. The molecule has 0 amide bonds. The molecule has 0 bridgehead atoms. The minimum absolute atomic E-state index is 0.439. The summed E-state index contributed by atoms with van der Waals surface area (Å²) in [7, 11) is -3.33. The van der Waals surface area contributed by atoms with E-state index in [0.29, 0.717) is 18.3 Å². The zero-order valence-corrected chi connectivity index (χ0v) is 12.9. The highest BCUT2D eigenvalue weighted by molar-refractivity contribution is 7.98. The van der Waals surface area contributed by atoms with Crippen molar-refractivity contribution in [3.63, 3.8) is 0 Å². The molecule has 2 N–H and O–H groups in total. The fourth-order valence-corrected chi connectivity index (χ4v) is 3.11. The molecule has 2 rings (SSSR count). The molecule has 0 spiro atoms. The van der Waals surface area contributed by atoms with E-state index in [1.165, 1.54) is 0 Å². The first kappa shape index (κ1) is 14.7. The van der Waals surface area contributed by atoms with E-state index in [1.807, 2.05) is 24.5 Å². The van der Waals surface area contributed by atoms with Crippen molar-refractivity contribution in [1.82, 2.24) is 5.32 Å². The lowest BCUT2D eigenvalue weighted by Gasteiger charge is -2.15. The van der Waals surface area contributed by atoms with Crippen LogP contribution in [0.25, 0.3) is 0 Å². The summed E-state index contributed by atoms with van der Waals surface area (Å²) in [6.45, 7) is 2.23. The van der Waals surface area contributed by atoms with Gasteiger partial charge in [0, 0.05) is 23.2 Å². The molecule has 0 radical (unpaired) electrons. The summed E-state index contributed by atoms with van der Waals surface area (Å²) in [5, 5.41) is 2.81. The number of anilines is 1. The van der Waals surface area contributed by atoms with Crippen LogP contribution in [0.15, 0.2) is 29.2 Å². The molecule has 1 fully saturated rings. The van der Waals surface area contributed by atoms with Crippen molar-refractivity contribution in [1.29, 1.82) is 0 Å². The fraction of sp³-hybridized carbons (Fsp3) is 0.538. The Kier molecular flexibility index (Phi) is 4.76. The maximum Gasteiger partial charge on any atom is 0.236 e. The van der Waals surface area contributed by atoms with Crippen LogP contribution in [0, 0.1) is 0 Å². The van der Waals surface area contributed by atoms with Gasteiger partial charge in [0.2, 0.25) is 10.0 Å². The van der Waals surface area contributed by atoms with Gasteiger partial charge in [-0.25, -0.2) is 8.42 Å². The number of hydrogen-bond acceptors (Lipinski definition) is 4. The molecule has 1 aromatic carbocycles. The first-order valence-electron chi connectivity index (χ1n) is 6.40. The molecule has 0 saturated heterocycles. The van der Waals surface area contributed by atoms with Crippen LogP contribution in [0.1, 0.15) is 19.8 Å². The number of sulfonamides is 1. The van der Waals surface area contributed by atoms with Gasteiger partial charge in [-0.05, 0) is 44.2 Å². The molecule has 106 valence electrons. The van der Waals surface area contributed by atoms with Crippen molar-refractivity contribution >= 4 is 27.5 Å². The largest absolute Gasteiger partial charge is 0.313 e. The van der Waals surface area contributed by atoms with Gasteiger partial charge in [0.05, 0.1) is 5.25 Å². The van der Waals surface area contributed by atoms with E-state index in [0.717, 1.165) is 17.7 Å². The van der Waals surface area contributed by atoms with Crippen molar-refractivity contribution in [2.24, 2.45) is 0 Å². The second kappa shape index (κ2) is 6.15. The van der Waals surface area contributed by atoms with Crippen molar-refractivity contribution in [3.8, 4) is 0 Å². The van der Waals surface area contributed by atoms with Crippen LogP contribution < -0.4 is 10.0 Å². The highest BCUT2D eigenvalue weighted by Gasteiger charge is 2.25. The third-order valence-electron chi connectivity index (χ3n) is 3.13. The minimum atomic E-state index is -3.33. The quantitative estimate of drug-likeness (QED) is 0.759. The smallest absolute Gasteiger partial charge is 0.236 e. The second-order valence-corrected chi connectivity index (χ2v) is 7.85. The first-order valence-corrected chi connectivity index (χ1v) is 9.17. The standard InChI is InChI=1S/C13H20N2O2S2/c1-10(9-14-11-6-7-11)19(16,17)15-12-4-3-5-13(8-12)18-2/h3-5,8,10-11,14-15H,6-7,9H2,1-2H3. The topological polar surface area (TPSA) is 58.2 Å². The molecule has 1 saturated carbocycles. The number of rotatable bonds is 7. The molecule has 1 aromatic rings. The Labute approximate surface area is 119 Å². The van der Waals surface area contributed by atoms with Crippen molar-refractivity contribution in [2.45, 2.75) is 36.0 Å². The van der Waals surface area contributed by atoms with Gasteiger partial charge in [0.15, 0.2) is 0 Å². The predicted octanol–water partition coefficient (Wildman–Crippen LogP) is 2.29. The van der Waals surface area contributed by atoms with Gasteiger partial charge in [-0.15, -0.1) is 11.8 Å². The Bertz CT molecular complexity index is 527. The van der Waals surface area contributed by atoms with Crippen LogP contribution in [0.2, 0.25) is 0 Å². The second-order valence-electron chi connectivity index (χ2n) is 4.87. The third-order valence-corrected chi connectivity index (χ3v) is 5.60. The van der Waals surface area contributed by atoms with Gasteiger partial charge in [-0.3, -0.25) is 4.72 Å². The average Bonchev–Trinajstić information content (AvgIpc) is 3.19. The predicted molar refractivity (Wildman–Crippen MR) is 81.3 cm³/mol. The molecule has 0 aromatic heterocycles. The zero-order valence-electron chi connectivity index (χ0n) is 11.2. The monoisotopic (exact) mass is 300 g/mol. The van der Waals surface area contributed by atoms with Gasteiger partial charge >= 0.3 is 0 Å². The van der Waals surface area contributed by atoms with Gasteiger partial charge < -0.3 is 5.32 Å². The van der Waals surface area contributed by atoms with Crippen molar-refractivity contribution in [3.05, 3.63) is 24.3 Å². The molecule has 1 aliphatic rings. The Morgan fingerprint density at radius 1 is 1.42 bits per heavy atom. The maximum atomic E-state index is 12.2. The van der Waals surface area contributed by atoms with E-state index in [9.17, 15) is 8.42 Å². The van der Waals surface area contributed by atoms with Gasteiger partial charge in [-0.1, -0.05) is 6.07 Å². The molecular weight excluding hydrogens is 280 g/mol. The van der Waals surface area contributed by atoms with Crippen LogP contribution in [0.4, 0.5) is 5.69 Å². The lowest BCUT2D eigenvalue weighted by atomic mass is 10.3. The van der Waals surface area contributed by atoms with E-state index in [-0.39, 0.29) is 0 Å². The summed E-state index contributed by atoms with van der Waals surface area (Å²) in [5.41, 5.74) is 0.630. The third kappa shape index (κ3) is 4.40. The molecule has 0 heterocycles. The molecule has 19 heavy (non-hydrogen) atoms. The summed E-state index contributed by atoms with van der Waals surface area (Å²) in [6, 6.07) is 7.97. The highest BCUT2D eigenvalue weighted by atomic mass is 32.2. The number of nitrogens with one attached hydrogen (secondary N) is 2. The lowest BCUT2D eigenvalue weighted by molar-refractivity contribution is 0.576. The van der Waals surface area contributed by atoms with Crippen LogP contribution in [-0.2, 0) is 10.0 Å². The summed E-state index contributed by atoms with van der Waals surface area (Å²) < 4.78 is 27.0. The van der Waals surface area contributed by atoms with E-state index >= 15 is 0 Å². The van der Waals surface area contributed by atoms with E-state index in [4.69, 9.17) is 0 Å². The number of thioether (sulfide) groups is 1. The normalized spacial score (nSPS) is 17.2. The fourth-order valence-electron chi connectivity index (χ4n) is 1.68. The van der Waals surface area contributed by atoms with E-state index in [1.54, 1.807) is 24.8 Å². The molecule has 1 aliphatic carbocycles. The SMILES string of the molecule is CSc1cccc(NS(=O)(=O)C(C)CNC2CC2)c1. The minimum Gasteiger partial charge on any atom is -0.313 e. The van der Waals surface area contributed by atoms with Crippen LogP contribution in [0.3, 0.4) is 0 Å². The van der Waals surface area contributed by atoms with Crippen LogP contribution >= 0.6 is 11.8 Å². The Morgan fingerprint density at radius 2 is 2.16 bits per heavy atom. The van der Waals surface area contributed by atoms with Crippen LogP contribution in [0.5, 0.6) is 0 Å². The number of hydrogen-bond donors (Lipinski definition) is 2. The first-order chi connectivity index (χ1) is 9.01. The Hall–Kier alpha value is -0.720. The van der Waals surface area contributed by atoms with Gasteiger partial charge in [0.1, 0.15) is 0 Å². The highest BCUT2D eigenvalue weighted by Crippen LogP contribution is 2.21. The van der Waals surface area contributed by atoms with Crippen LogP contribution in [-0.4, -0.2) is 32.5 Å². The summed E-state index contributed by atoms with van der Waals surface area (Å²) in [4.78, 5) is 1.05.